The minimum absolute atomic E-state index is 0.262. The molecule has 0 fully saturated rings. The van der Waals surface area contributed by atoms with Gasteiger partial charge in [-0.3, -0.25) is 0 Å². The van der Waals surface area contributed by atoms with Crippen LogP contribution in [-0.4, -0.2) is 9.55 Å². The summed E-state index contributed by atoms with van der Waals surface area (Å²) in [5.74, 6) is 0.262. The normalized spacial score (nSPS) is 8.27. The minimum atomic E-state index is -0.324. The third-order valence-corrected chi connectivity index (χ3v) is 0.995. The highest BCUT2D eigenvalue weighted by Gasteiger charge is 1.88. The van der Waals surface area contributed by atoms with Gasteiger partial charge in [0.2, 0.25) is 0 Å². The number of hydrogen-bond acceptors (Lipinski definition) is 3. The highest BCUT2D eigenvalue weighted by Crippen LogP contribution is 1.85. The first kappa shape index (κ1) is 9.68. The summed E-state index contributed by atoms with van der Waals surface area (Å²) < 4.78 is 1.36. The first-order chi connectivity index (χ1) is 5.20. The summed E-state index contributed by atoms with van der Waals surface area (Å²) in [6.45, 7) is 4.00. The molecule has 4 heteroatoms. The predicted molar refractivity (Wildman–Crippen MR) is 45.2 cm³/mol. The Morgan fingerprint density at radius 2 is 2.09 bits per heavy atom. The molecule has 0 saturated heterocycles. The van der Waals surface area contributed by atoms with Gasteiger partial charge in [0.15, 0.2) is 0 Å². The fourth-order valence-electron chi connectivity index (χ4n) is 0.479. The van der Waals surface area contributed by atoms with Crippen LogP contribution in [0.15, 0.2) is 17.1 Å². The molecule has 0 aliphatic heterocycles. The number of aromatic nitrogens is 2. The third kappa shape index (κ3) is 2.84. The highest BCUT2D eigenvalue weighted by atomic mass is 16.1. The minimum Gasteiger partial charge on any atom is -0.383 e. The van der Waals surface area contributed by atoms with E-state index in [-0.39, 0.29) is 11.5 Å². The van der Waals surface area contributed by atoms with E-state index < -0.39 is 0 Å². The molecule has 0 saturated carbocycles. The molecule has 62 valence electrons. The molecule has 0 aromatic carbocycles. The average Bonchev–Trinajstić information content (AvgIpc) is 2.02. The van der Waals surface area contributed by atoms with Crippen LogP contribution in [0.2, 0.25) is 0 Å². The lowest BCUT2D eigenvalue weighted by Crippen LogP contribution is -2.19. The number of anilines is 1. The molecule has 1 aromatic heterocycles. The van der Waals surface area contributed by atoms with Gasteiger partial charge in [0.25, 0.3) is 0 Å². The van der Waals surface area contributed by atoms with Crippen molar-refractivity contribution in [1.82, 2.24) is 9.55 Å². The Balaban J connectivity index is 0.000000461. The van der Waals surface area contributed by atoms with Gasteiger partial charge >= 0.3 is 5.69 Å². The quantitative estimate of drug-likeness (QED) is 0.589. The molecule has 0 aliphatic rings. The lowest BCUT2D eigenvalue weighted by Gasteiger charge is -1.92. The Morgan fingerprint density at radius 3 is 2.45 bits per heavy atom. The highest BCUT2D eigenvalue weighted by molar-refractivity contribution is 5.23. The van der Waals surface area contributed by atoms with E-state index in [1.165, 1.54) is 4.57 Å². The summed E-state index contributed by atoms with van der Waals surface area (Å²) in [5, 5.41) is 0. The van der Waals surface area contributed by atoms with Crippen molar-refractivity contribution in [2.45, 2.75) is 13.8 Å². The zero-order valence-electron chi connectivity index (χ0n) is 7.03. The van der Waals surface area contributed by atoms with E-state index in [1.807, 2.05) is 13.8 Å². The molecular weight excluding hydrogens is 142 g/mol. The summed E-state index contributed by atoms with van der Waals surface area (Å²) in [7, 11) is 1.62. The molecule has 0 spiro atoms. The maximum absolute atomic E-state index is 10.6. The molecular formula is C7H13N3O. The van der Waals surface area contributed by atoms with E-state index >= 15 is 0 Å². The second kappa shape index (κ2) is 4.49. The zero-order valence-corrected chi connectivity index (χ0v) is 7.03. The van der Waals surface area contributed by atoms with Crippen molar-refractivity contribution in [2.24, 2.45) is 7.05 Å². The van der Waals surface area contributed by atoms with Crippen LogP contribution in [0, 0.1) is 0 Å². The fraction of sp³-hybridized carbons (Fsp3) is 0.429. The lowest BCUT2D eigenvalue weighted by atomic mass is 10.6. The monoisotopic (exact) mass is 155 g/mol. The van der Waals surface area contributed by atoms with Gasteiger partial charge in [-0.25, -0.2) is 4.79 Å². The summed E-state index contributed by atoms with van der Waals surface area (Å²) >= 11 is 0. The molecule has 4 nitrogen and oxygen atoms in total. The molecule has 2 N–H and O–H groups in total. The van der Waals surface area contributed by atoms with Crippen LogP contribution in [-0.2, 0) is 7.05 Å². The van der Waals surface area contributed by atoms with E-state index in [0.29, 0.717) is 0 Å². The summed E-state index contributed by atoms with van der Waals surface area (Å²) in [5.41, 5.74) is 4.88. The maximum atomic E-state index is 10.6. The number of hydrogen-bond donors (Lipinski definition) is 1. The summed E-state index contributed by atoms with van der Waals surface area (Å²) in [6, 6.07) is 1.57. The van der Waals surface area contributed by atoms with E-state index in [0.717, 1.165) is 0 Å². The summed E-state index contributed by atoms with van der Waals surface area (Å²) in [6.07, 6.45) is 1.57. The van der Waals surface area contributed by atoms with Crippen LogP contribution in [0.4, 0.5) is 5.82 Å². The molecule has 0 amide bonds. The van der Waals surface area contributed by atoms with Crippen molar-refractivity contribution < 1.29 is 0 Å². The largest absolute Gasteiger partial charge is 0.383 e. The van der Waals surface area contributed by atoms with Gasteiger partial charge in [0.1, 0.15) is 5.82 Å². The molecule has 1 rings (SSSR count). The van der Waals surface area contributed by atoms with E-state index in [9.17, 15) is 4.79 Å². The van der Waals surface area contributed by atoms with Gasteiger partial charge in [-0.15, -0.1) is 0 Å². The van der Waals surface area contributed by atoms with Crippen LogP contribution in [0.1, 0.15) is 13.8 Å². The number of rotatable bonds is 0. The van der Waals surface area contributed by atoms with E-state index in [4.69, 9.17) is 5.73 Å². The maximum Gasteiger partial charge on any atom is 0.349 e. The van der Waals surface area contributed by atoms with E-state index in [1.54, 1.807) is 19.3 Å². The number of aryl methyl sites for hydroxylation is 1. The fourth-order valence-corrected chi connectivity index (χ4v) is 0.479. The van der Waals surface area contributed by atoms with Gasteiger partial charge in [0.05, 0.1) is 0 Å². The van der Waals surface area contributed by atoms with Gasteiger partial charge in [0, 0.05) is 13.2 Å². The van der Waals surface area contributed by atoms with Crippen molar-refractivity contribution in [2.75, 3.05) is 5.73 Å². The molecule has 1 aromatic rings. The van der Waals surface area contributed by atoms with Gasteiger partial charge < -0.3 is 10.3 Å². The number of nitrogen functional groups attached to an aromatic ring is 1. The Morgan fingerprint density at radius 1 is 1.55 bits per heavy atom. The smallest absolute Gasteiger partial charge is 0.349 e. The number of nitrogens with zero attached hydrogens (tertiary/aromatic N) is 2. The topological polar surface area (TPSA) is 60.9 Å². The van der Waals surface area contributed by atoms with Crippen molar-refractivity contribution in [3.8, 4) is 0 Å². The molecule has 11 heavy (non-hydrogen) atoms. The van der Waals surface area contributed by atoms with Gasteiger partial charge in [-0.1, -0.05) is 13.8 Å². The molecule has 0 atom stereocenters. The molecule has 0 unspecified atom stereocenters. The second-order valence-corrected chi connectivity index (χ2v) is 1.75. The molecule has 0 bridgehead atoms. The van der Waals surface area contributed by atoms with E-state index in [2.05, 4.69) is 4.98 Å². The first-order valence-electron chi connectivity index (χ1n) is 3.49. The average molecular weight is 155 g/mol. The summed E-state index contributed by atoms with van der Waals surface area (Å²) in [4.78, 5) is 14.1. The predicted octanol–water partition coefficient (Wildman–Crippen LogP) is 0.389. The van der Waals surface area contributed by atoms with Crippen molar-refractivity contribution in [3.05, 3.63) is 22.7 Å². The number of nitrogens with two attached hydrogens (primary N) is 1. The second-order valence-electron chi connectivity index (χ2n) is 1.75. The van der Waals surface area contributed by atoms with Crippen molar-refractivity contribution >= 4 is 5.82 Å². The van der Waals surface area contributed by atoms with Crippen LogP contribution < -0.4 is 11.4 Å². The third-order valence-electron chi connectivity index (χ3n) is 0.995. The van der Waals surface area contributed by atoms with Crippen LogP contribution in [0.25, 0.3) is 0 Å². The molecule has 1 heterocycles. The molecule has 0 aliphatic carbocycles. The van der Waals surface area contributed by atoms with Gasteiger partial charge in [-0.2, -0.15) is 4.98 Å². The van der Waals surface area contributed by atoms with Gasteiger partial charge in [-0.05, 0) is 6.07 Å². The Kier molecular flexibility index (Phi) is 3.95. The van der Waals surface area contributed by atoms with Crippen LogP contribution in [0.3, 0.4) is 0 Å². The molecule has 0 radical (unpaired) electrons. The SMILES string of the molecule is CC.Cn1ccc(N)nc1=O. The first-order valence-corrected chi connectivity index (χ1v) is 3.49. The van der Waals surface area contributed by atoms with Crippen LogP contribution in [0.5, 0.6) is 0 Å². The Labute approximate surface area is 65.7 Å². The Bertz CT molecular complexity index is 267. The standard InChI is InChI=1S/C5H7N3O.C2H6/c1-8-3-2-4(6)7-5(8)9;1-2/h2-3H,1H3,(H2,6,7,9);1-2H3. The van der Waals surface area contributed by atoms with Crippen molar-refractivity contribution in [1.29, 1.82) is 0 Å². The van der Waals surface area contributed by atoms with Crippen molar-refractivity contribution in [3.63, 3.8) is 0 Å². The zero-order chi connectivity index (χ0) is 8.85. The van der Waals surface area contributed by atoms with Crippen LogP contribution >= 0.6 is 0 Å². The lowest BCUT2D eigenvalue weighted by molar-refractivity contribution is 0.814. The Hall–Kier alpha value is -1.32.